The van der Waals surface area contributed by atoms with E-state index in [4.69, 9.17) is 16.3 Å². The van der Waals surface area contributed by atoms with Gasteiger partial charge in [-0.3, -0.25) is 4.79 Å². The number of nitrogens with one attached hydrogen (secondary N) is 1. The maximum Gasteiger partial charge on any atom is 0.422 e. The number of aromatic nitrogens is 2. The van der Waals surface area contributed by atoms with Gasteiger partial charge in [-0.25, -0.2) is 4.68 Å². The van der Waals surface area contributed by atoms with Crippen LogP contribution in [0.1, 0.15) is 16.2 Å². The Bertz CT molecular complexity index is 988. The predicted molar refractivity (Wildman–Crippen MR) is 99.3 cm³/mol. The molecule has 1 amide bonds. The summed E-state index contributed by atoms with van der Waals surface area (Å²) in [5.41, 5.74) is 1.61. The lowest BCUT2D eigenvalue weighted by Crippen LogP contribution is -2.20. The van der Waals surface area contributed by atoms with Gasteiger partial charge < -0.3 is 10.1 Å². The molecule has 1 N–H and O–H groups in total. The minimum Gasteiger partial charge on any atom is -0.482 e. The van der Waals surface area contributed by atoms with Crippen molar-refractivity contribution in [3.05, 3.63) is 71.0 Å². The minimum absolute atomic E-state index is 0.0219. The molecular weight excluding hydrogens is 395 g/mol. The zero-order chi connectivity index (χ0) is 20.3. The van der Waals surface area contributed by atoms with Gasteiger partial charge in [0.2, 0.25) is 0 Å². The van der Waals surface area contributed by atoms with Crippen molar-refractivity contribution in [1.82, 2.24) is 9.78 Å². The Balaban J connectivity index is 1.83. The van der Waals surface area contributed by atoms with Crippen molar-refractivity contribution in [1.29, 1.82) is 0 Å². The van der Waals surface area contributed by atoms with Gasteiger partial charge in [-0.05, 0) is 43.3 Å². The molecule has 3 rings (SSSR count). The Labute approximate surface area is 163 Å². The van der Waals surface area contributed by atoms with E-state index in [9.17, 15) is 18.0 Å². The molecule has 0 unspecified atom stereocenters. The van der Waals surface area contributed by atoms with Gasteiger partial charge in [-0.15, -0.1) is 0 Å². The van der Waals surface area contributed by atoms with E-state index in [1.54, 1.807) is 17.7 Å². The number of carbonyl (C=O) groups is 1. The van der Waals surface area contributed by atoms with Crippen molar-refractivity contribution in [2.75, 3.05) is 11.9 Å². The van der Waals surface area contributed by atoms with E-state index in [0.717, 1.165) is 11.4 Å². The number of nitrogens with zero attached hydrogens (tertiary/aromatic N) is 2. The first-order chi connectivity index (χ1) is 13.2. The summed E-state index contributed by atoms with van der Waals surface area (Å²) in [6.45, 7) is 0.299. The number of aryl methyl sites for hydroxylation is 1. The van der Waals surface area contributed by atoms with Gasteiger partial charge >= 0.3 is 6.18 Å². The molecule has 1 heterocycles. The molecule has 0 aliphatic carbocycles. The first-order valence-corrected chi connectivity index (χ1v) is 8.53. The first-order valence-electron chi connectivity index (χ1n) is 8.15. The normalized spacial score (nSPS) is 11.3. The summed E-state index contributed by atoms with van der Waals surface area (Å²) >= 11 is 5.90. The molecule has 0 aliphatic heterocycles. The Morgan fingerprint density at radius 2 is 1.89 bits per heavy atom. The number of hydrogen-bond acceptors (Lipinski definition) is 3. The van der Waals surface area contributed by atoms with Crippen molar-refractivity contribution in [3.63, 3.8) is 0 Å². The van der Waals surface area contributed by atoms with E-state index < -0.39 is 18.7 Å². The van der Waals surface area contributed by atoms with Crippen LogP contribution >= 0.6 is 11.6 Å². The molecule has 0 radical (unpaired) electrons. The third-order valence-electron chi connectivity index (χ3n) is 3.70. The summed E-state index contributed by atoms with van der Waals surface area (Å²) in [7, 11) is 0. The maximum absolute atomic E-state index is 12.6. The molecule has 1 aromatic heterocycles. The van der Waals surface area contributed by atoms with Crippen LogP contribution in [0.4, 0.5) is 18.9 Å². The summed E-state index contributed by atoms with van der Waals surface area (Å²) in [4.78, 5) is 12.6. The predicted octanol–water partition coefficient (Wildman–Crippen LogP) is 5.03. The van der Waals surface area contributed by atoms with Gasteiger partial charge in [0.1, 0.15) is 5.75 Å². The van der Waals surface area contributed by atoms with Crippen LogP contribution in [0.3, 0.4) is 0 Å². The summed E-state index contributed by atoms with van der Waals surface area (Å²) in [6, 6.07) is 14.7. The molecule has 146 valence electrons. The molecule has 0 bridgehead atoms. The molecule has 0 spiro atoms. The molecular formula is C19H15ClF3N3O2. The standard InChI is InChI=1S/C19H15ClF3N3O2/c1-12-9-16(25-26(12)14-5-3-2-4-6-14)18(27)24-15-10-13(20)7-8-17(15)28-11-19(21,22)23/h2-10H,11H2,1H3,(H,24,27). The van der Waals surface area contributed by atoms with Gasteiger partial charge in [0.15, 0.2) is 12.3 Å². The summed E-state index contributed by atoms with van der Waals surface area (Å²) < 4.78 is 43.7. The number of para-hydroxylation sites is 1. The van der Waals surface area contributed by atoms with Crippen molar-refractivity contribution in [3.8, 4) is 11.4 Å². The van der Waals surface area contributed by atoms with Crippen LogP contribution in [0.2, 0.25) is 5.02 Å². The van der Waals surface area contributed by atoms with Gasteiger partial charge in [-0.2, -0.15) is 18.3 Å². The molecule has 2 aromatic carbocycles. The fourth-order valence-corrected chi connectivity index (χ4v) is 2.66. The quantitative estimate of drug-likeness (QED) is 0.643. The zero-order valence-electron chi connectivity index (χ0n) is 14.6. The van der Waals surface area contributed by atoms with Gasteiger partial charge in [0.05, 0.1) is 11.4 Å². The van der Waals surface area contributed by atoms with Crippen LogP contribution in [-0.4, -0.2) is 28.5 Å². The lowest BCUT2D eigenvalue weighted by atomic mass is 10.2. The fourth-order valence-electron chi connectivity index (χ4n) is 2.49. The Morgan fingerprint density at radius 1 is 1.18 bits per heavy atom. The van der Waals surface area contributed by atoms with Crippen molar-refractivity contribution >= 4 is 23.2 Å². The first kappa shape index (κ1) is 19.8. The van der Waals surface area contributed by atoms with Crippen LogP contribution < -0.4 is 10.1 Å². The Kier molecular flexibility index (Phi) is 5.60. The summed E-state index contributed by atoms with van der Waals surface area (Å²) in [6.07, 6.45) is -4.51. The van der Waals surface area contributed by atoms with E-state index >= 15 is 0 Å². The third kappa shape index (κ3) is 4.83. The third-order valence-corrected chi connectivity index (χ3v) is 3.94. The lowest BCUT2D eigenvalue weighted by Gasteiger charge is -2.13. The van der Waals surface area contributed by atoms with E-state index in [1.807, 2.05) is 30.3 Å². The fraction of sp³-hybridized carbons (Fsp3) is 0.158. The second-order valence-corrected chi connectivity index (χ2v) is 6.35. The molecule has 0 fully saturated rings. The van der Waals surface area contributed by atoms with Crippen LogP contribution in [0.25, 0.3) is 5.69 Å². The highest BCUT2D eigenvalue weighted by molar-refractivity contribution is 6.31. The zero-order valence-corrected chi connectivity index (χ0v) is 15.4. The SMILES string of the molecule is Cc1cc(C(=O)Nc2cc(Cl)ccc2OCC(F)(F)F)nn1-c1ccccc1. The Morgan fingerprint density at radius 3 is 2.57 bits per heavy atom. The average Bonchev–Trinajstić information content (AvgIpc) is 3.03. The van der Waals surface area contributed by atoms with Crippen LogP contribution in [0, 0.1) is 6.92 Å². The van der Waals surface area contributed by atoms with Crippen molar-refractivity contribution < 1.29 is 22.7 Å². The second kappa shape index (κ2) is 7.93. The molecule has 0 saturated heterocycles. The molecule has 28 heavy (non-hydrogen) atoms. The van der Waals surface area contributed by atoms with Gasteiger partial charge in [0, 0.05) is 10.7 Å². The summed E-state index contributed by atoms with van der Waals surface area (Å²) in [5.74, 6) is -0.744. The number of benzene rings is 2. The number of rotatable bonds is 5. The van der Waals surface area contributed by atoms with Gasteiger partial charge in [0.25, 0.3) is 5.91 Å². The highest BCUT2D eigenvalue weighted by Crippen LogP contribution is 2.30. The highest BCUT2D eigenvalue weighted by atomic mass is 35.5. The largest absolute Gasteiger partial charge is 0.482 e. The minimum atomic E-state index is -4.51. The number of halogens is 4. The van der Waals surface area contributed by atoms with Crippen LogP contribution in [-0.2, 0) is 0 Å². The molecule has 0 aliphatic rings. The van der Waals surface area contributed by atoms with E-state index in [2.05, 4.69) is 10.4 Å². The monoisotopic (exact) mass is 409 g/mol. The number of ether oxygens (including phenoxy) is 1. The number of hydrogen-bond donors (Lipinski definition) is 1. The number of anilines is 1. The maximum atomic E-state index is 12.6. The second-order valence-electron chi connectivity index (χ2n) is 5.92. The van der Waals surface area contributed by atoms with Crippen molar-refractivity contribution in [2.24, 2.45) is 0 Å². The van der Waals surface area contributed by atoms with Crippen LogP contribution in [0.5, 0.6) is 5.75 Å². The van der Waals surface area contributed by atoms with Crippen LogP contribution in [0.15, 0.2) is 54.6 Å². The molecule has 0 atom stereocenters. The van der Waals surface area contributed by atoms with E-state index in [1.165, 1.54) is 18.2 Å². The molecule has 0 saturated carbocycles. The number of alkyl halides is 3. The van der Waals surface area contributed by atoms with E-state index in [-0.39, 0.29) is 22.2 Å². The smallest absolute Gasteiger partial charge is 0.422 e. The van der Waals surface area contributed by atoms with Crippen molar-refractivity contribution in [2.45, 2.75) is 13.1 Å². The number of amides is 1. The topological polar surface area (TPSA) is 56.1 Å². The average molecular weight is 410 g/mol. The molecule has 9 heteroatoms. The summed E-state index contributed by atoms with van der Waals surface area (Å²) in [5, 5.41) is 7.01. The Hall–Kier alpha value is -3.00. The molecule has 5 nitrogen and oxygen atoms in total. The van der Waals surface area contributed by atoms with Gasteiger partial charge in [-0.1, -0.05) is 29.8 Å². The highest BCUT2D eigenvalue weighted by Gasteiger charge is 2.29. The van der Waals surface area contributed by atoms with E-state index in [0.29, 0.717) is 0 Å². The lowest BCUT2D eigenvalue weighted by molar-refractivity contribution is -0.153. The number of carbonyl (C=O) groups excluding carboxylic acids is 1. The molecule has 3 aromatic rings.